The molecule has 0 unspecified atom stereocenters. The number of aromatic nitrogens is 2. The highest BCUT2D eigenvalue weighted by atomic mass is 16.5. The lowest BCUT2D eigenvalue weighted by molar-refractivity contribution is -0.0825. The zero-order chi connectivity index (χ0) is 16.7. The minimum atomic E-state index is -0.165. The monoisotopic (exact) mass is 327 g/mol. The number of rotatable bonds is 3. The number of hydrogen-bond acceptors (Lipinski definition) is 6. The SMILES string of the molecule is Cc1oc2ccccc2c1Cc1nnc([C@H]2CN(C)C[C@@H](C)O2)o1. The average Bonchev–Trinajstić information content (AvgIpc) is 3.12. The molecule has 2 atom stereocenters. The number of ether oxygens (including phenoxy) is 1. The molecule has 0 bridgehead atoms. The summed E-state index contributed by atoms with van der Waals surface area (Å²) in [6.07, 6.45) is 0.555. The van der Waals surface area contributed by atoms with Gasteiger partial charge in [0.25, 0.3) is 0 Å². The van der Waals surface area contributed by atoms with Crippen LogP contribution in [0.5, 0.6) is 0 Å². The predicted molar refractivity (Wildman–Crippen MR) is 88.8 cm³/mol. The van der Waals surface area contributed by atoms with Crippen molar-refractivity contribution in [3.05, 3.63) is 47.4 Å². The number of para-hydroxylation sites is 1. The van der Waals surface area contributed by atoms with Crippen LogP contribution in [0.4, 0.5) is 0 Å². The van der Waals surface area contributed by atoms with E-state index in [0.29, 0.717) is 18.2 Å². The Labute approximate surface area is 140 Å². The van der Waals surface area contributed by atoms with Crippen LogP contribution >= 0.6 is 0 Å². The molecule has 1 aliphatic rings. The van der Waals surface area contributed by atoms with Crippen LogP contribution in [0.1, 0.15) is 36.1 Å². The van der Waals surface area contributed by atoms with Crippen molar-refractivity contribution in [3.8, 4) is 0 Å². The van der Waals surface area contributed by atoms with Gasteiger partial charge in [0.15, 0.2) is 0 Å². The zero-order valence-corrected chi connectivity index (χ0v) is 14.2. The third-order valence-electron chi connectivity index (χ3n) is 4.43. The molecular formula is C18H21N3O3. The normalized spacial score (nSPS) is 22.3. The lowest BCUT2D eigenvalue weighted by atomic mass is 10.1. The van der Waals surface area contributed by atoms with Gasteiger partial charge in [0.1, 0.15) is 17.4 Å². The van der Waals surface area contributed by atoms with Gasteiger partial charge in [-0.25, -0.2) is 0 Å². The molecule has 0 N–H and O–H groups in total. The van der Waals surface area contributed by atoms with Gasteiger partial charge in [-0.2, -0.15) is 0 Å². The highest BCUT2D eigenvalue weighted by Gasteiger charge is 2.28. The van der Waals surface area contributed by atoms with Crippen molar-refractivity contribution in [2.45, 2.75) is 32.5 Å². The number of benzene rings is 1. The van der Waals surface area contributed by atoms with E-state index in [4.69, 9.17) is 13.6 Å². The van der Waals surface area contributed by atoms with Crippen molar-refractivity contribution >= 4 is 11.0 Å². The van der Waals surface area contributed by atoms with E-state index in [2.05, 4.69) is 35.1 Å². The zero-order valence-electron chi connectivity index (χ0n) is 14.2. The second-order valence-electron chi connectivity index (χ2n) is 6.50. The summed E-state index contributed by atoms with van der Waals surface area (Å²) >= 11 is 0. The molecule has 6 nitrogen and oxygen atoms in total. The fourth-order valence-electron chi connectivity index (χ4n) is 3.36. The van der Waals surface area contributed by atoms with Crippen molar-refractivity contribution in [2.24, 2.45) is 0 Å². The minimum absolute atomic E-state index is 0.157. The van der Waals surface area contributed by atoms with Gasteiger partial charge < -0.3 is 18.5 Å². The smallest absolute Gasteiger partial charge is 0.246 e. The van der Waals surface area contributed by atoms with Crippen LogP contribution < -0.4 is 0 Å². The van der Waals surface area contributed by atoms with Gasteiger partial charge in [0.05, 0.1) is 12.5 Å². The molecule has 0 saturated carbocycles. The predicted octanol–water partition coefficient (Wildman–Crippen LogP) is 3.11. The second kappa shape index (κ2) is 6.03. The molecule has 1 fully saturated rings. The molecule has 1 saturated heterocycles. The maximum Gasteiger partial charge on any atom is 0.246 e. The summed E-state index contributed by atoms with van der Waals surface area (Å²) in [7, 11) is 2.07. The number of morpholine rings is 1. The Morgan fingerprint density at radius 1 is 1.17 bits per heavy atom. The average molecular weight is 327 g/mol. The lowest BCUT2D eigenvalue weighted by Crippen LogP contribution is -2.40. The Balaban J connectivity index is 1.58. The maximum absolute atomic E-state index is 5.93. The van der Waals surface area contributed by atoms with Crippen molar-refractivity contribution in [3.63, 3.8) is 0 Å². The molecule has 126 valence electrons. The van der Waals surface area contributed by atoms with Gasteiger partial charge in [-0.15, -0.1) is 10.2 Å². The molecule has 6 heteroatoms. The first kappa shape index (κ1) is 15.4. The third kappa shape index (κ3) is 2.83. The van der Waals surface area contributed by atoms with Crippen LogP contribution in [-0.2, 0) is 11.2 Å². The van der Waals surface area contributed by atoms with Gasteiger partial charge >= 0.3 is 0 Å². The van der Waals surface area contributed by atoms with Crippen LogP contribution in [-0.4, -0.2) is 41.3 Å². The summed E-state index contributed by atoms with van der Waals surface area (Å²) in [6, 6.07) is 8.00. The molecular weight excluding hydrogens is 306 g/mol. The molecule has 2 aromatic heterocycles. The summed E-state index contributed by atoms with van der Waals surface area (Å²) in [6.45, 7) is 5.70. The standard InChI is InChI=1S/C18H21N3O3/c1-11-9-21(3)10-16(22-11)18-20-19-17(24-18)8-14-12(2)23-15-7-5-4-6-13(14)15/h4-7,11,16H,8-10H2,1-3H3/t11-,16-/m1/s1. The number of aryl methyl sites for hydroxylation is 1. The molecule has 0 radical (unpaired) electrons. The van der Waals surface area contributed by atoms with E-state index in [0.717, 1.165) is 35.4 Å². The van der Waals surface area contributed by atoms with E-state index in [1.807, 2.05) is 25.1 Å². The fourth-order valence-corrected chi connectivity index (χ4v) is 3.36. The third-order valence-corrected chi connectivity index (χ3v) is 4.43. The van der Waals surface area contributed by atoms with Crippen LogP contribution in [0.15, 0.2) is 33.1 Å². The number of hydrogen-bond donors (Lipinski definition) is 0. The first-order valence-electron chi connectivity index (χ1n) is 8.23. The number of fused-ring (bicyclic) bond motifs is 1. The van der Waals surface area contributed by atoms with Crippen LogP contribution in [0.2, 0.25) is 0 Å². The molecule has 0 aliphatic carbocycles. The molecule has 1 aliphatic heterocycles. The largest absolute Gasteiger partial charge is 0.461 e. The van der Waals surface area contributed by atoms with Crippen LogP contribution in [0.3, 0.4) is 0 Å². The second-order valence-corrected chi connectivity index (χ2v) is 6.50. The summed E-state index contributed by atoms with van der Waals surface area (Å²) < 4.78 is 17.6. The summed E-state index contributed by atoms with van der Waals surface area (Å²) in [5.41, 5.74) is 1.98. The Morgan fingerprint density at radius 2 is 2.00 bits per heavy atom. The van der Waals surface area contributed by atoms with Gasteiger partial charge in [0, 0.05) is 24.0 Å². The van der Waals surface area contributed by atoms with Crippen molar-refractivity contribution in [2.75, 3.05) is 20.1 Å². The minimum Gasteiger partial charge on any atom is -0.461 e. The van der Waals surface area contributed by atoms with Gasteiger partial charge in [-0.1, -0.05) is 18.2 Å². The fraction of sp³-hybridized carbons (Fsp3) is 0.444. The van der Waals surface area contributed by atoms with E-state index >= 15 is 0 Å². The quantitative estimate of drug-likeness (QED) is 0.736. The topological polar surface area (TPSA) is 64.5 Å². The Bertz CT molecular complexity index is 844. The van der Waals surface area contributed by atoms with Crippen molar-refractivity contribution in [1.29, 1.82) is 0 Å². The van der Waals surface area contributed by atoms with E-state index in [9.17, 15) is 0 Å². The van der Waals surface area contributed by atoms with Crippen LogP contribution in [0.25, 0.3) is 11.0 Å². The van der Waals surface area contributed by atoms with E-state index < -0.39 is 0 Å². The van der Waals surface area contributed by atoms with E-state index in [1.165, 1.54) is 0 Å². The molecule has 24 heavy (non-hydrogen) atoms. The van der Waals surface area contributed by atoms with Crippen molar-refractivity contribution < 1.29 is 13.6 Å². The molecule has 0 amide bonds. The number of furan rings is 1. The Morgan fingerprint density at radius 3 is 2.83 bits per heavy atom. The Kier molecular flexibility index (Phi) is 3.86. The van der Waals surface area contributed by atoms with Gasteiger partial charge in [0.2, 0.25) is 11.8 Å². The number of likely N-dealkylation sites (N-methyl/N-ethyl adjacent to an activating group) is 1. The summed E-state index contributed by atoms with van der Waals surface area (Å²) in [5, 5.41) is 9.50. The maximum atomic E-state index is 5.93. The number of nitrogens with zero attached hydrogens (tertiary/aromatic N) is 3. The lowest BCUT2D eigenvalue weighted by Gasteiger charge is -2.32. The summed E-state index contributed by atoms with van der Waals surface area (Å²) in [5.74, 6) is 2.02. The highest BCUT2D eigenvalue weighted by molar-refractivity contribution is 5.82. The van der Waals surface area contributed by atoms with E-state index in [-0.39, 0.29) is 12.2 Å². The van der Waals surface area contributed by atoms with Crippen LogP contribution in [0, 0.1) is 6.92 Å². The molecule has 4 rings (SSSR count). The molecule has 3 aromatic rings. The van der Waals surface area contributed by atoms with Gasteiger partial charge in [-0.05, 0) is 27.0 Å². The molecule has 1 aromatic carbocycles. The van der Waals surface area contributed by atoms with Gasteiger partial charge in [-0.3, -0.25) is 0 Å². The van der Waals surface area contributed by atoms with Crippen molar-refractivity contribution in [1.82, 2.24) is 15.1 Å². The molecule has 0 spiro atoms. The molecule has 3 heterocycles. The first-order chi connectivity index (χ1) is 11.6. The first-order valence-corrected chi connectivity index (χ1v) is 8.23. The Hall–Kier alpha value is -2.18. The highest BCUT2D eigenvalue weighted by Crippen LogP contribution is 2.28. The summed E-state index contributed by atoms with van der Waals surface area (Å²) in [4.78, 5) is 2.22. The van der Waals surface area contributed by atoms with E-state index in [1.54, 1.807) is 0 Å².